The first-order chi connectivity index (χ1) is 9.10. The third-order valence-electron chi connectivity index (χ3n) is 2.84. The molecule has 2 rings (SSSR count). The fourth-order valence-electron chi connectivity index (χ4n) is 1.92. The van der Waals surface area contributed by atoms with Crippen molar-refractivity contribution in [1.82, 2.24) is 10.3 Å². The highest BCUT2D eigenvalue weighted by atomic mass is 32.1. The van der Waals surface area contributed by atoms with Crippen LogP contribution in [0.3, 0.4) is 0 Å². The molecule has 0 radical (unpaired) electrons. The molecule has 0 saturated carbocycles. The van der Waals surface area contributed by atoms with Crippen molar-refractivity contribution < 1.29 is 19.8 Å². The van der Waals surface area contributed by atoms with Crippen molar-refractivity contribution in [2.24, 2.45) is 0 Å². The largest absolute Gasteiger partial charge is 0.480 e. The van der Waals surface area contributed by atoms with Gasteiger partial charge in [-0.3, -0.25) is 5.32 Å². The van der Waals surface area contributed by atoms with Crippen LogP contribution in [0.2, 0.25) is 0 Å². The molecule has 7 nitrogen and oxygen atoms in total. The first kappa shape index (κ1) is 13.8. The number of fused-ring (bicyclic) bond motifs is 1. The average molecular weight is 285 g/mol. The van der Waals surface area contributed by atoms with Gasteiger partial charge in [0.1, 0.15) is 6.04 Å². The SMILES string of the molecule is O=C(Nc1nc2c(s1)CCC2)N[C@@H](CCO)C(=O)O. The number of urea groups is 1. The Morgan fingerprint density at radius 3 is 2.84 bits per heavy atom. The first-order valence-electron chi connectivity index (χ1n) is 6.00. The van der Waals surface area contributed by atoms with E-state index in [1.165, 1.54) is 16.2 Å². The van der Waals surface area contributed by atoms with Gasteiger partial charge in [0.15, 0.2) is 5.13 Å². The number of carbonyl (C=O) groups is 2. The van der Waals surface area contributed by atoms with Crippen molar-refractivity contribution in [2.75, 3.05) is 11.9 Å². The summed E-state index contributed by atoms with van der Waals surface area (Å²) in [6.45, 7) is -0.303. The highest BCUT2D eigenvalue weighted by Gasteiger charge is 2.21. The maximum absolute atomic E-state index is 11.6. The second-order valence-electron chi connectivity index (χ2n) is 4.24. The summed E-state index contributed by atoms with van der Waals surface area (Å²) in [4.78, 5) is 27.9. The Bertz CT molecular complexity index is 467. The maximum atomic E-state index is 11.6. The number of aliphatic hydroxyl groups is 1. The Morgan fingerprint density at radius 1 is 1.42 bits per heavy atom. The number of nitrogens with one attached hydrogen (secondary N) is 2. The summed E-state index contributed by atoms with van der Waals surface area (Å²) in [5.41, 5.74) is 1.02. The Kier molecular flexibility index (Phi) is 4.33. The molecule has 19 heavy (non-hydrogen) atoms. The molecule has 8 heteroatoms. The lowest BCUT2D eigenvalue weighted by atomic mass is 10.2. The number of thiazole rings is 1. The molecule has 0 aromatic carbocycles. The molecule has 1 atom stereocenters. The Labute approximate surface area is 113 Å². The van der Waals surface area contributed by atoms with Gasteiger partial charge in [-0.1, -0.05) is 0 Å². The molecule has 0 saturated heterocycles. The van der Waals surface area contributed by atoms with Gasteiger partial charge in [-0.15, -0.1) is 11.3 Å². The Hall–Kier alpha value is -1.67. The lowest BCUT2D eigenvalue weighted by Crippen LogP contribution is -2.43. The van der Waals surface area contributed by atoms with Gasteiger partial charge in [-0.25, -0.2) is 14.6 Å². The van der Waals surface area contributed by atoms with E-state index in [4.69, 9.17) is 10.2 Å². The molecule has 1 aliphatic carbocycles. The predicted octanol–water partition coefficient (Wildman–Crippen LogP) is 0.589. The van der Waals surface area contributed by atoms with Gasteiger partial charge in [0.05, 0.1) is 5.69 Å². The quantitative estimate of drug-likeness (QED) is 0.632. The maximum Gasteiger partial charge on any atom is 0.326 e. The van der Waals surface area contributed by atoms with Crippen molar-refractivity contribution in [3.8, 4) is 0 Å². The minimum absolute atomic E-state index is 0.0306. The topological polar surface area (TPSA) is 112 Å². The zero-order chi connectivity index (χ0) is 13.8. The number of hydrogen-bond donors (Lipinski definition) is 4. The first-order valence-corrected chi connectivity index (χ1v) is 6.81. The third kappa shape index (κ3) is 3.42. The highest BCUT2D eigenvalue weighted by Crippen LogP contribution is 2.30. The minimum Gasteiger partial charge on any atom is -0.480 e. The zero-order valence-corrected chi connectivity index (χ0v) is 11.0. The molecular formula is C11H15N3O4S. The van der Waals surface area contributed by atoms with Crippen LogP contribution in [0.4, 0.5) is 9.93 Å². The molecule has 0 unspecified atom stereocenters. The smallest absolute Gasteiger partial charge is 0.326 e. The molecule has 1 aliphatic rings. The van der Waals surface area contributed by atoms with Crippen LogP contribution in [0.25, 0.3) is 0 Å². The van der Waals surface area contributed by atoms with Gasteiger partial charge < -0.3 is 15.5 Å². The van der Waals surface area contributed by atoms with E-state index >= 15 is 0 Å². The van der Waals surface area contributed by atoms with Crippen LogP contribution in [-0.2, 0) is 17.6 Å². The second kappa shape index (κ2) is 5.98. The average Bonchev–Trinajstić information content (AvgIpc) is 2.88. The van der Waals surface area contributed by atoms with Crippen LogP contribution in [0.5, 0.6) is 0 Å². The van der Waals surface area contributed by atoms with Crippen molar-refractivity contribution in [3.63, 3.8) is 0 Å². The lowest BCUT2D eigenvalue weighted by Gasteiger charge is -2.12. The molecule has 1 aromatic heterocycles. The number of carboxylic acids is 1. The number of aromatic nitrogens is 1. The number of nitrogens with zero attached hydrogens (tertiary/aromatic N) is 1. The number of aliphatic hydroxyl groups excluding tert-OH is 1. The molecule has 0 fully saturated rings. The Morgan fingerprint density at radius 2 is 2.21 bits per heavy atom. The van der Waals surface area contributed by atoms with E-state index in [0.29, 0.717) is 5.13 Å². The van der Waals surface area contributed by atoms with E-state index in [9.17, 15) is 9.59 Å². The van der Waals surface area contributed by atoms with Crippen LogP contribution in [0, 0.1) is 0 Å². The number of aryl methyl sites for hydroxylation is 2. The summed E-state index contributed by atoms with van der Waals surface area (Å²) >= 11 is 1.42. The summed E-state index contributed by atoms with van der Waals surface area (Å²) in [6.07, 6.45) is 2.98. The number of anilines is 1. The van der Waals surface area contributed by atoms with Gasteiger partial charge >= 0.3 is 12.0 Å². The zero-order valence-electron chi connectivity index (χ0n) is 10.2. The monoisotopic (exact) mass is 285 g/mol. The number of amides is 2. The Balaban J connectivity index is 1.91. The summed E-state index contributed by atoms with van der Waals surface area (Å²) < 4.78 is 0. The minimum atomic E-state index is -1.18. The molecule has 1 heterocycles. The van der Waals surface area contributed by atoms with Crippen LogP contribution >= 0.6 is 11.3 Å². The van der Waals surface area contributed by atoms with E-state index in [0.717, 1.165) is 25.0 Å². The molecule has 0 bridgehead atoms. The van der Waals surface area contributed by atoms with Gasteiger partial charge in [0.2, 0.25) is 0 Å². The molecular weight excluding hydrogens is 270 g/mol. The lowest BCUT2D eigenvalue weighted by molar-refractivity contribution is -0.139. The number of carboxylic acid groups (broad SMARTS) is 1. The van der Waals surface area contributed by atoms with Crippen molar-refractivity contribution in [3.05, 3.63) is 10.6 Å². The van der Waals surface area contributed by atoms with Crippen molar-refractivity contribution >= 4 is 28.5 Å². The van der Waals surface area contributed by atoms with E-state index < -0.39 is 18.0 Å². The van der Waals surface area contributed by atoms with Crippen molar-refractivity contribution in [2.45, 2.75) is 31.7 Å². The number of carbonyl (C=O) groups excluding carboxylic acids is 1. The van der Waals surface area contributed by atoms with Gasteiger partial charge in [0, 0.05) is 17.9 Å². The second-order valence-corrected chi connectivity index (χ2v) is 5.33. The third-order valence-corrected chi connectivity index (χ3v) is 3.91. The molecule has 104 valence electrons. The van der Waals surface area contributed by atoms with E-state index in [1.807, 2.05) is 0 Å². The predicted molar refractivity (Wildman–Crippen MR) is 69.4 cm³/mol. The van der Waals surface area contributed by atoms with Gasteiger partial charge in [-0.2, -0.15) is 0 Å². The van der Waals surface area contributed by atoms with Crippen molar-refractivity contribution in [1.29, 1.82) is 0 Å². The summed E-state index contributed by atoms with van der Waals surface area (Å²) in [7, 11) is 0. The molecule has 0 aliphatic heterocycles. The number of hydrogen-bond acceptors (Lipinski definition) is 5. The fourth-order valence-corrected chi connectivity index (χ4v) is 2.97. The van der Waals surface area contributed by atoms with Crippen LogP contribution < -0.4 is 10.6 Å². The summed E-state index contributed by atoms with van der Waals surface area (Å²) in [5, 5.41) is 22.9. The molecule has 0 spiro atoms. The number of aliphatic carboxylic acids is 1. The molecule has 4 N–H and O–H groups in total. The molecule has 2 amide bonds. The fraction of sp³-hybridized carbons (Fsp3) is 0.545. The number of rotatable bonds is 5. The standard InChI is InChI=1S/C11H15N3O4S/c15-5-4-7(9(16)17)12-10(18)14-11-13-6-2-1-3-8(6)19-11/h7,15H,1-5H2,(H,16,17)(H2,12,13,14,18)/t7-/m0/s1. The van der Waals surface area contributed by atoms with E-state index in [1.54, 1.807) is 0 Å². The normalized spacial score (nSPS) is 14.8. The van der Waals surface area contributed by atoms with Gasteiger partial charge in [0.25, 0.3) is 0 Å². The van der Waals surface area contributed by atoms with Crippen LogP contribution in [0.1, 0.15) is 23.4 Å². The summed E-state index contributed by atoms with van der Waals surface area (Å²) in [5.74, 6) is -1.18. The van der Waals surface area contributed by atoms with E-state index in [2.05, 4.69) is 15.6 Å². The van der Waals surface area contributed by atoms with Gasteiger partial charge in [-0.05, 0) is 19.3 Å². The molecule has 1 aromatic rings. The van der Waals surface area contributed by atoms with Crippen LogP contribution in [-0.4, -0.2) is 39.8 Å². The van der Waals surface area contributed by atoms with Crippen LogP contribution in [0.15, 0.2) is 0 Å². The summed E-state index contributed by atoms with van der Waals surface area (Å²) in [6, 6.07) is -1.72. The highest BCUT2D eigenvalue weighted by molar-refractivity contribution is 7.15. The van der Waals surface area contributed by atoms with E-state index in [-0.39, 0.29) is 13.0 Å².